The molecule has 0 aliphatic carbocycles. The van der Waals surface area contributed by atoms with Crippen molar-refractivity contribution in [3.8, 4) is 11.9 Å². The molecule has 2 heterocycles. The molecule has 0 fully saturated rings. The maximum Gasteiger partial charge on any atom is 0.328 e. The molecule has 1 aliphatic rings. The maximum atomic E-state index is 12.6. The number of hydrogen-bond donors (Lipinski definition) is 3. The first kappa shape index (κ1) is 20.3. The number of ether oxygens (including phenoxy) is 1. The highest BCUT2D eigenvalue weighted by Gasteiger charge is 2.40. The fourth-order valence-electron chi connectivity index (χ4n) is 3.87. The van der Waals surface area contributed by atoms with Crippen LogP contribution in [0.2, 0.25) is 0 Å². The third-order valence-corrected chi connectivity index (χ3v) is 5.00. The van der Waals surface area contributed by atoms with Gasteiger partial charge in [0.05, 0.1) is 21.3 Å². The number of benzene rings is 1. The van der Waals surface area contributed by atoms with Crippen molar-refractivity contribution in [2.24, 2.45) is 5.73 Å². The van der Waals surface area contributed by atoms with Crippen molar-refractivity contribution in [2.75, 3.05) is 0 Å². The van der Waals surface area contributed by atoms with Crippen molar-refractivity contribution in [2.45, 2.75) is 26.7 Å². The molecule has 3 rings (SSSR count). The van der Waals surface area contributed by atoms with Crippen molar-refractivity contribution >= 4 is 11.4 Å². The Morgan fingerprint density at radius 3 is 2.00 bits per heavy atom. The van der Waals surface area contributed by atoms with Gasteiger partial charge in [0.1, 0.15) is 17.2 Å². The number of H-pyrrole nitrogens is 2. The Kier molecular flexibility index (Phi) is 4.63. The van der Waals surface area contributed by atoms with Crippen LogP contribution in [-0.4, -0.2) is 19.8 Å². The molecule has 13 nitrogen and oxygen atoms in total. The molecule has 1 atom stereocenters. The number of nitriles is 1. The van der Waals surface area contributed by atoms with Gasteiger partial charge in [-0.3, -0.25) is 35.0 Å². The van der Waals surface area contributed by atoms with Gasteiger partial charge in [-0.1, -0.05) is 0 Å². The van der Waals surface area contributed by atoms with Gasteiger partial charge in [0, 0.05) is 11.1 Å². The fourth-order valence-corrected chi connectivity index (χ4v) is 3.87. The molecule has 0 bridgehead atoms. The van der Waals surface area contributed by atoms with Gasteiger partial charge in [-0.2, -0.15) is 5.26 Å². The third-order valence-electron chi connectivity index (χ3n) is 5.00. The Hall–Kier alpha value is -4.47. The van der Waals surface area contributed by atoms with Crippen LogP contribution in [0.1, 0.15) is 33.7 Å². The summed E-state index contributed by atoms with van der Waals surface area (Å²) in [6.07, 6.45) is 0. The smallest absolute Gasteiger partial charge is 0.328 e. The summed E-state index contributed by atoms with van der Waals surface area (Å²) in [6.45, 7) is 3.96. The van der Waals surface area contributed by atoms with Crippen molar-refractivity contribution in [1.29, 1.82) is 5.26 Å². The second kappa shape index (κ2) is 6.85. The summed E-state index contributed by atoms with van der Waals surface area (Å²) in [7, 11) is 0. The zero-order valence-electron chi connectivity index (χ0n) is 15.9. The molecule has 0 spiro atoms. The summed E-state index contributed by atoms with van der Waals surface area (Å²) >= 11 is 0. The second-order valence-corrected chi connectivity index (χ2v) is 6.58. The van der Waals surface area contributed by atoms with Crippen LogP contribution in [0.25, 0.3) is 0 Å². The number of aromatic amines is 2. The number of allylic oxidation sites excluding steroid dienone is 1. The number of nitrogens with two attached hydrogens (primary N) is 1. The zero-order chi connectivity index (χ0) is 22.5. The van der Waals surface area contributed by atoms with Crippen molar-refractivity contribution in [3.05, 3.63) is 80.3 Å². The van der Waals surface area contributed by atoms with Crippen LogP contribution in [-0.2, 0) is 0 Å². The van der Waals surface area contributed by atoms with E-state index < -0.39 is 44.3 Å². The van der Waals surface area contributed by atoms with Gasteiger partial charge in [-0.25, -0.2) is 4.79 Å². The lowest BCUT2D eigenvalue weighted by molar-refractivity contribution is -0.396. The Bertz CT molecular complexity index is 1290. The van der Waals surface area contributed by atoms with Crippen LogP contribution in [0.15, 0.2) is 21.0 Å². The molecule has 1 aliphatic heterocycles. The third kappa shape index (κ3) is 2.78. The van der Waals surface area contributed by atoms with E-state index in [2.05, 4.69) is 4.98 Å². The number of aromatic nitrogens is 2. The number of nitro groups is 2. The number of hydrogen-bond acceptors (Lipinski definition) is 9. The molecular weight excluding hydrogens is 400 g/mol. The Morgan fingerprint density at radius 1 is 1.00 bits per heavy atom. The van der Waals surface area contributed by atoms with Crippen molar-refractivity contribution < 1.29 is 14.6 Å². The van der Waals surface area contributed by atoms with Gasteiger partial charge >= 0.3 is 5.69 Å². The van der Waals surface area contributed by atoms with E-state index in [-0.39, 0.29) is 39.3 Å². The predicted octanol–water partition coefficient (Wildman–Crippen LogP) is 1.02. The van der Waals surface area contributed by atoms with E-state index in [0.717, 1.165) is 0 Å². The van der Waals surface area contributed by atoms with Gasteiger partial charge in [-0.15, -0.1) is 0 Å². The topological polar surface area (TPSA) is 211 Å². The predicted molar refractivity (Wildman–Crippen MR) is 101 cm³/mol. The van der Waals surface area contributed by atoms with Gasteiger partial charge < -0.3 is 10.5 Å². The average molecular weight is 414 g/mol. The molecule has 0 saturated heterocycles. The lowest BCUT2D eigenvalue weighted by Gasteiger charge is -2.27. The lowest BCUT2D eigenvalue weighted by atomic mass is 9.79. The van der Waals surface area contributed by atoms with Crippen LogP contribution in [0.5, 0.6) is 5.88 Å². The van der Waals surface area contributed by atoms with E-state index in [1.807, 2.05) is 4.98 Å². The van der Waals surface area contributed by atoms with Gasteiger partial charge in [0.2, 0.25) is 11.8 Å². The first-order chi connectivity index (χ1) is 14.0. The highest BCUT2D eigenvalue weighted by atomic mass is 16.6. The number of nitro benzene ring substituents is 2. The van der Waals surface area contributed by atoms with E-state index >= 15 is 0 Å². The molecule has 13 heteroatoms. The molecular formula is C17H14N6O7. The quantitative estimate of drug-likeness (QED) is 0.482. The van der Waals surface area contributed by atoms with Crippen LogP contribution in [0.4, 0.5) is 11.4 Å². The first-order valence-corrected chi connectivity index (χ1v) is 8.37. The van der Waals surface area contributed by atoms with Crippen molar-refractivity contribution in [3.63, 3.8) is 0 Å². The van der Waals surface area contributed by atoms with Gasteiger partial charge in [0.25, 0.3) is 16.9 Å². The highest BCUT2D eigenvalue weighted by Crippen LogP contribution is 2.46. The normalized spacial score (nSPS) is 15.2. The van der Waals surface area contributed by atoms with Gasteiger partial charge in [-0.05, 0) is 26.3 Å². The minimum Gasteiger partial charge on any atom is -0.424 e. The van der Waals surface area contributed by atoms with E-state index in [0.29, 0.717) is 0 Å². The van der Waals surface area contributed by atoms with Gasteiger partial charge in [0.15, 0.2) is 0 Å². The molecule has 1 aromatic carbocycles. The van der Waals surface area contributed by atoms with E-state index in [9.17, 15) is 35.1 Å². The standard InChI is InChI=1S/C17H14N6O7/c1-5-9(6(2)13(23(28)29)7(3)12(5)22(26)27)10-8(4-18)14(19)30-16-11(10)15(24)20-17(25)21-16/h10H,19H2,1-3H3,(H2,20,21,24,25). The average Bonchev–Trinajstić information content (AvgIpc) is 2.59. The van der Waals surface area contributed by atoms with Crippen LogP contribution >= 0.6 is 0 Å². The maximum absolute atomic E-state index is 12.6. The molecule has 0 saturated carbocycles. The monoisotopic (exact) mass is 414 g/mol. The zero-order valence-corrected chi connectivity index (χ0v) is 15.9. The molecule has 30 heavy (non-hydrogen) atoms. The Labute approximate surface area is 166 Å². The van der Waals surface area contributed by atoms with Crippen molar-refractivity contribution in [1.82, 2.24) is 9.97 Å². The summed E-state index contributed by atoms with van der Waals surface area (Å²) in [4.78, 5) is 50.3. The Balaban J connectivity index is 2.57. The number of nitrogens with one attached hydrogen (secondary N) is 2. The largest absolute Gasteiger partial charge is 0.424 e. The SMILES string of the molecule is Cc1c(C2C(C#N)=C(N)Oc3[nH]c(=O)[nH]c(=O)c32)c(C)c([N+](=O)[O-])c(C)c1[N+](=O)[O-]. The summed E-state index contributed by atoms with van der Waals surface area (Å²) in [5.41, 5.74) is 2.25. The molecule has 4 N–H and O–H groups in total. The summed E-state index contributed by atoms with van der Waals surface area (Å²) in [6, 6.07) is 1.80. The fraction of sp³-hybridized carbons (Fsp3) is 0.235. The summed E-state index contributed by atoms with van der Waals surface area (Å²) in [5, 5.41) is 33.0. The van der Waals surface area contributed by atoms with Crippen LogP contribution < -0.4 is 21.7 Å². The van der Waals surface area contributed by atoms with Crippen LogP contribution in [0.3, 0.4) is 0 Å². The van der Waals surface area contributed by atoms with E-state index in [4.69, 9.17) is 10.5 Å². The summed E-state index contributed by atoms with van der Waals surface area (Å²) < 4.78 is 5.20. The molecule has 1 unspecified atom stereocenters. The minimum atomic E-state index is -1.34. The number of rotatable bonds is 3. The molecule has 154 valence electrons. The number of fused-ring (bicyclic) bond motifs is 1. The van der Waals surface area contributed by atoms with E-state index in [1.165, 1.54) is 20.8 Å². The summed E-state index contributed by atoms with van der Waals surface area (Å²) in [5.74, 6) is -2.13. The van der Waals surface area contributed by atoms with Crippen LogP contribution in [0, 0.1) is 52.3 Å². The van der Waals surface area contributed by atoms with E-state index in [1.54, 1.807) is 6.07 Å². The first-order valence-electron chi connectivity index (χ1n) is 8.37. The number of nitrogens with zero attached hydrogens (tertiary/aromatic N) is 3. The lowest BCUT2D eigenvalue weighted by Crippen LogP contribution is -2.34. The molecule has 2 aromatic rings. The molecule has 0 amide bonds. The highest BCUT2D eigenvalue weighted by molar-refractivity contribution is 5.69. The Morgan fingerprint density at radius 2 is 1.53 bits per heavy atom. The second-order valence-electron chi connectivity index (χ2n) is 6.58. The molecule has 1 aromatic heterocycles. The minimum absolute atomic E-state index is 0.0133. The molecule has 0 radical (unpaired) electrons.